The molecule has 31 heavy (non-hydrogen) atoms. The number of thiophene rings is 1. The van der Waals surface area contributed by atoms with Crippen molar-refractivity contribution >= 4 is 62.9 Å². The molecule has 0 radical (unpaired) electrons. The number of fused-ring (bicyclic) bond motifs is 1. The number of rotatable bonds is 5. The Morgan fingerprint density at radius 1 is 1.26 bits per heavy atom. The van der Waals surface area contributed by atoms with Crippen molar-refractivity contribution in [1.82, 2.24) is 9.97 Å². The number of carbonyl (C=O) groups is 1. The number of benzene rings is 1. The van der Waals surface area contributed by atoms with Gasteiger partial charge in [0.25, 0.3) is 5.56 Å². The van der Waals surface area contributed by atoms with E-state index in [0.717, 1.165) is 11.3 Å². The first-order valence-electron chi connectivity index (χ1n) is 9.32. The molecule has 0 aliphatic carbocycles. The number of aromatic amines is 1. The van der Waals surface area contributed by atoms with Crippen LogP contribution in [-0.2, 0) is 4.74 Å². The summed E-state index contributed by atoms with van der Waals surface area (Å²) in [6.45, 7) is 3.70. The second-order valence-electron chi connectivity index (χ2n) is 6.54. The van der Waals surface area contributed by atoms with Crippen molar-refractivity contribution in [1.29, 1.82) is 0 Å². The van der Waals surface area contributed by atoms with Gasteiger partial charge >= 0.3 is 5.97 Å². The smallest absolute Gasteiger partial charge is 0.348 e. The Morgan fingerprint density at radius 2 is 2.06 bits per heavy atom. The highest BCUT2D eigenvalue weighted by Crippen LogP contribution is 2.34. The highest BCUT2D eigenvalue weighted by atomic mass is 35.5. The molecule has 4 rings (SSSR count). The van der Waals surface area contributed by atoms with Gasteiger partial charge in [0.15, 0.2) is 0 Å². The second-order valence-corrected chi connectivity index (χ2v) is 8.33. The lowest BCUT2D eigenvalue weighted by Crippen LogP contribution is -2.10. The molecule has 0 aliphatic rings. The van der Waals surface area contributed by atoms with Crippen LogP contribution in [0.1, 0.15) is 33.7 Å². The van der Waals surface area contributed by atoms with Gasteiger partial charge in [-0.05, 0) is 55.8 Å². The fourth-order valence-corrected chi connectivity index (χ4v) is 4.55. The summed E-state index contributed by atoms with van der Waals surface area (Å²) in [5, 5.41) is 1.24. The molecule has 0 aliphatic heterocycles. The first kappa shape index (κ1) is 21.4. The van der Waals surface area contributed by atoms with Gasteiger partial charge in [0.05, 0.1) is 22.0 Å². The number of aromatic nitrogens is 2. The second kappa shape index (κ2) is 8.70. The van der Waals surface area contributed by atoms with Gasteiger partial charge in [-0.1, -0.05) is 29.3 Å². The van der Waals surface area contributed by atoms with Crippen molar-refractivity contribution < 1.29 is 13.9 Å². The van der Waals surface area contributed by atoms with E-state index in [0.29, 0.717) is 53.6 Å². The molecule has 0 saturated heterocycles. The fourth-order valence-electron chi connectivity index (χ4n) is 3.07. The number of nitrogens with zero attached hydrogens (tertiary/aromatic N) is 1. The molecule has 6 nitrogen and oxygen atoms in total. The summed E-state index contributed by atoms with van der Waals surface area (Å²) < 4.78 is 10.9. The molecule has 3 heterocycles. The van der Waals surface area contributed by atoms with Gasteiger partial charge < -0.3 is 14.1 Å². The minimum Gasteiger partial charge on any atom is -0.462 e. The van der Waals surface area contributed by atoms with Crippen LogP contribution in [0.25, 0.3) is 33.7 Å². The summed E-state index contributed by atoms with van der Waals surface area (Å²) in [5.74, 6) is 0.996. The molecule has 1 N–H and O–H groups in total. The predicted molar refractivity (Wildman–Crippen MR) is 124 cm³/mol. The van der Waals surface area contributed by atoms with Gasteiger partial charge in [-0.25, -0.2) is 9.78 Å². The highest BCUT2D eigenvalue weighted by Gasteiger charge is 2.20. The number of nitrogens with one attached hydrogen (secondary N) is 1. The maximum absolute atomic E-state index is 12.6. The van der Waals surface area contributed by atoms with Crippen LogP contribution in [-0.4, -0.2) is 22.5 Å². The van der Waals surface area contributed by atoms with Gasteiger partial charge in [0.2, 0.25) is 0 Å². The summed E-state index contributed by atoms with van der Waals surface area (Å²) in [6.07, 6.45) is 3.31. The zero-order chi connectivity index (χ0) is 22.1. The van der Waals surface area contributed by atoms with Crippen molar-refractivity contribution in [3.05, 3.63) is 72.8 Å². The number of carbonyl (C=O) groups excluding carboxylic acids is 1. The maximum atomic E-state index is 12.6. The van der Waals surface area contributed by atoms with Gasteiger partial charge in [-0.15, -0.1) is 11.3 Å². The number of esters is 1. The Morgan fingerprint density at radius 3 is 2.84 bits per heavy atom. The molecule has 1 aromatic carbocycles. The Hall–Kier alpha value is -2.87. The van der Waals surface area contributed by atoms with Crippen molar-refractivity contribution in [2.75, 3.05) is 6.61 Å². The molecule has 3 aromatic heterocycles. The van der Waals surface area contributed by atoms with Crippen LogP contribution in [0, 0.1) is 6.92 Å². The zero-order valence-electron chi connectivity index (χ0n) is 16.5. The predicted octanol–water partition coefficient (Wildman–Crippen LogP) is 6.21. The molecule has 158 valence electrons. The van der Waals surface area contributed by atoms with Crippen LogP contribution >= 0.6 is 34.5 Å². The van der Waals surface area contributed by atoms with E-state index < -0.39 is 5.97 Å². The molecule has 0 atom stereocenters. The standard InChI is InChI=1S/C22H16Cl2N2O4S/c1-3-29-22(28)19-11(2)17-20(27)25-16(26-21(17)31-19)10-8-12-7-9-15(30-12)13-5-4-6-14(23)18(13)24/h4-10H,3H2,1-2H3,(H,25,26,27). The largest absolute Gasteiger partial charge is 0.462 e. The molecule has 0 bridgehead atoms. The van der Waals surface area contributed by atoms with E-state index in [9.17, 15) is 9.59 Å². The number of hydrogen-bond donors (Lipinski definition) is 1. The van der Waals surface area contributed by atoms with Crippen LogP contribution in [0.2, 0.25) is 10.0 Å². The molecule has 0 spiro atoms. The zero-order valence-corrected chi connectivity index (χ0v) is 18.8. The fraction of sp³-hybridized carbons (Fsp3) is 0.136. The highest BCUT2D eigenvalue weighted by molar-refractivity contribution is 7.20. The van der Waals surface area contributed by atoms with Gasteiger partial charge in [-0.2, -0.15) is 0 Å². The Kier molecular flexibility index (Phi) is 6.00. The van der Waals surface area contributed by atoms with E-state index in [1.165, 1.54) is 0 Å². The molecule has 9 heteroatoms. The molecule has 4 aromatic rings. The topological polar surface area (TPSA) is 85.2 Å². The van der Waals surface area contributed by atoms with Crippen molar-refractivity contribution in [3.63, 3.8) is 0 Å². The third-order valence-electron chi connectivity index (χ3n) is 4.53. The van der Waals surface area contributed by atoms with E-state index in [1.54, 1.807) is 50.3 Å². The lowest BCUT2D eigenvalue weighted by molar-refractivity contribution is 0.0531. The van der Waals surface area contributed by atoms with Gasteiger partial charge in [0.1, 0.15) is 27.1 Å². The van der Waals surface area contributed by atoms with Crippen LogP contribution in [0.4, 0.5) is 0 Å². The molecular weight excluding hydrogens is 459 g/mol. The normalized spacial score (nSPS) is 11.5. The summed E-state index contributed by atoms with van der Waals surface area (Å²) in [5.41, 5.74) is 0.930. The number of aryl methyl sites for hydroxylation is 1. The summed E-state index contributed by atoms with van der Waals surface area (Å²) in [4.78, 5) is 32.7. The molecule has 0 saturated carbocycles. The quantitative estimate of drug-likeness (QED) is 0.347. The van der Waals surface area contributed by atoms with Crippen molar-refractivity contribution in [2.24, 2.45) is 0 Å². The summed E-state index contributed by atoms with van der Waals surface area (Å²) in [7, 11) is 0. The average molecular weight is 475 g/mol. The Bertz CT molecular complexity index is 1380. The molecular formula is C22H16Cl2N2O4S. The monoisotopic (exact) mass is 474 g/mol. The Balaban J connectivity index is 1.65. The maximum Gasteiger partial charge on any atom is 0.348 e. The molecule has 0 unspecified atom stereocenters. The average Bonchev–Trinajstić information content (AvgIpc) is 3.33. The van der Waals surface area contributed by atoms with Crippen LogP contribution in [0.3, 0.4) is 0 Å². The van der Waals surface area contributed by atoms with Crippen LogP contribution in [0.5, 0.6) is 0 Å². The number of ether oxygens (including phenoxy) is 1. The van der Waals surface area contributed by atoms with Crippen LogP contribution < -0.4 is 5.56 Å². The first-order chi connectivity index (χ1) is 14.9. The number of hydrogen-bond acceptors (Lipinski definition) is 6. The lowest BCUT2D eigenvalue weighted by atomic mass is 10.2. The SMILES string of the molecule is CCOC(=O)c1sc2nc(C=Cc3ccc(-c4cccc(Cl)c4Cl)o3)[nH]c(=O)c2c1C. The van der Waals surface area contributed by atoms with Crippen molar-refractivity contribution in [3.8, 4) is 11.3 Å². The molecule has 0 amide bonds. The number of H-pyrrole nitrogens is 1. The summed E-state index contributed by atoms with van der Waals surface area (Å²) in [6, 6.07) is 8.86. The minimum absolute atomic E-state index is 0.260. The van der Waals surface area contributed by atoms with Gasteiger partial charge in [0, 0.05) is 5.56 Å². The van der Waals surface area contributed by atoms with E-state index in [1.807, 2.05) is 6.07 Å². The summed E-state index contributed by atoms with van der Waals surface area (Å²) >= 11 is 13.5. The molecule has 0 fully saturated rings. The third kappa shape index (κ3) is 4.17. The van der Waals surface area contributed by atoms with E-state index in [2.05, 4.69) is 9.97 Å². The van der Waals surface area contributed by atoms with E-state index >= 15 is 0 Å². The lowest BCUT2D eigenvalue weighted by Gasteiger charge is -2.01. The van der Waals surface area contributed by atoms with E-state index in [4.69, 9.17) is 32.4 Å². The van der Waals surface area contributed by atoms with Crippen molar-refractivity contribution in [2.45, 2.75) is 13.8 Å². The number of halogens is 2. The Labute approximate surface area is 191 Å². The minimum atomic E-state index is -0.456. The third-order valence-corrected chi connectivity index (χ3v) is 6.51. The first-order valence-corrected chi connectivity index (χ1v) is 10.9. The van der Waals surface area contributed by atoms with E-state index in [-0.39, 0.29) is 12.2 Å². The van der Waals surface area contributed by atoms with Crippen LogP contribution in [0.15, 0.2) is 39.5 Å². The van der Waals surface area contributed by atoms with Gasteiger partial charge in [-0.3, -0.25) is 4.79 Å². The number of furan rings is 1.